The fourth-order valence-corrected chi connectivity index (χ4v) is 3.14. The lowest BCUT2D eigenvalue weighted by molar-refractivity contribution is -0.129. The van der Waals surface area contributed by atoms with Crippen LogP contribution in [0.4, 0.5) is 0 Å². The van der Waals surface area contributed by atoms with Gasteiger partial charge in [-0.05, 0) is 25.0 Å². The summed E-state index contributed by atoms with van der Waals surface area (Å²) in [4.78, 5) is 26.1. The van der Waals surface area contributed by atoms with Crippen LogP contribution < -0.4 is 14.8 Å². The molecule has 0 aliphatic carbocycles. The van der Waals surface area contributed by atoms with Gasteiger partial charge in [-0.15, -0.1) is 0 Å². The highest BCUT2D eigenvalue weighted by molar-refractivity contribution is 6.32. The predicted molar refractivity (Wildman–Crippen MR) is 89.8 cm³/mol. The first kappa shape index (κ1) is 16.9. The number of fused-ring (bicyclic) bond motifs is 1. The first-order valence-electron chi connectivity index (χ1n) is 8.30. The van der Waals surface area contributed by atoms with Gasteiger partial charge in [-0.3, -0.25) is 9.59 Å². The molecule has 0 radical (unpaired) electrons. The van der Waals surface area contributed by atoms with Crippen LogP contribution in [-0.2, 0) is 4.79 Å². The number of carbonyl (C=O) groups excluding carboxylic acids is 2. The maximum Gasteiger partial charge on any atom is 0.251 e. The van der Waals surface area contributed by atoms with Crippen LogP contribution in [0.25, 0.3) is 0 Å². The maximum atomic E-state index is 12.3. The van der Waals surface area contributed by atoms with Gasteiger partial charge in [0.05, 0.1) is 18.2 Å². The fourth-order valence-electron chi connectivity index (χ4n) is 2.87. The molecule has 130 valence electrons. The van der Waals surface area contributed by atoms with Gasteiger partial charge in [-0.2, -0.15) is 0 Å². The van der Waals surface area contributed by atoms with Crippen molar-refractivity contribution in [1.29, 1.82) is 0 Å². The molecular weight excluding hydrogens is 332 g/mol. The van der Waals surface area contributed by atoms with E-state index in [1.165, 1.54) is 0 Å². The Morgan fingerprint density at radius 3 is 2.67 bits per heavy atom. The molecule has 2 aliphatic heterocycles. The first-order valence-corrected chi connectivity index (χ1v) is 8.68. The molecule has 1 fully saturated rings. The smallest absolute Gasteiger partial charge is 0.251 e. The molecule has 0 spiro atoms. The third kappa shape index (κ3) is 3.93. The molecule has 7 heteroatoms. The Kier molecular flexibility index (Phi) is 5.45. The zero-order valence-electron chi connectivity index (χ0n) is 13.5. The first-order chi connectivity index (χ1) is 11.6. The predicted octanol–water partition coefficient (Wildman–Crippen LogP) is 2.24. The largest absolute Gasteiger partial charge is 0.489 e. The molecule has 2 aliphatic rings. The second-order valence-electron chi connectivity index (χ2n) is 5.93. The number of halogens is 1. The molecule has 1 aromatic carbocycles. The van der Waals surface area contributed by atoms with Crippen LogP contribution in [0.5, 0.6) is 11.5 Å². The second kappa shape index (κ2) is 7.75. The standard InChI is InChI=1S/C17H21ClN2O4/c18-13-10-12(11-14-16(13)24-9-3-8-23-14)17(22)19-5-4-15(21)20-6-1-2-7-20/h10-11H,1-9H2,(H,19,22). The molecule has 6 nitrogen and oxygen atoms in total. The number of amides is 2. The summed E-state index contributed by atoms with van der Waals surface area (Å²) in [6.07, 6.45) is 3.21. The van der Waals surface area contributed by atoms with Crippen molar-refractivity contribution in [1.82, 2.24) is 10.2 Å². The van der Waals surface area contributed by atoms with E-state index in [1.54, 1.807) is 12.1 Å². The molecule has 0 unspecified atom stereocenters. The number of nitrogens with one attached hydrogen (secondary N) is 1. The summed E-state index contributed by atoms with van der Waals surface area (Å²) in [6, 6.07) is 3.19. The summed E-state index contributed by atoms with van der Waals surface area (Å²) in [5.74, 6) is 0.777. The Labute approximate surface area is 146 Å². The zero-order chi connectivity index (χ0) is 16.9. The summed E-state index contributed by atoms with van der Waals surface area (Å²) in [5, 5.41) is 3.12. The van der Waals surface area contributed by atoms with Crippen LogP contribution in [0.3, 0.4) is 0 Å². The van der Waals surface area contributed by atoms with Crippen molar-refractivity contribution in [2.24, 2.45) is 0 Å². The molecule has 3 rings (SSSR count). The maximum absolute atomic E-state index is 12.3. The molecule has 0 atom stereocenters. The van der Waals surface area contributed by atoms with E-state index in [4.69, 9.17) is 21.1 Å². The lowest BCUT2D eigenvalue weighted by atomic mass is 10.2. The number of carbonyl (C=O) groups is 2. The van der Waals surface area contributed by atoms with E-state index in [0.29, 0.717) is 48.3 Å². The number of hydrogen-bond acceptors (Lipinski definition) is 4. The minimum atomic E-state index is -0.276. The normalized spacial score (nSPS) is 16.6. The van der Waals surface area contributed by atoms with Gasteiger partial charge in [0, 0.05) is 38.0 Å². The summed E-state index contributed by atoms with van der Waals surface area (Å²) in [5.41, 5.74) is 0.401. The minimum absolute atomic E-state index is 0.0875. The average molecular weight is 353 g/mol. The molecule has 0 bridgehead atoms. The summed E-state index contributed by atoms with van der Waals surface area (Å²) in [7, 11) is 0. The quantitative estimate of drug-likeness (QED) is 0.902. The van der Waals surface area contributed by atoms with Crippen LogP contribution >= 0.6 is 11.6 Å². The topological polar surface area (TPSA) is 67.9 Å². The highest BCUT2D eigenvalue weighted by Gasteiger charge is 2.20. The van der Waals surface area contributed by atoms with E-state index in [1.807, 2.05) is 4.90 Å². The van der Waals surface area contributed by atoms with Crippen molar-refractivity contribution in [3.8, 4) is 11.5 Å². The Hall–Kier alpha value is -1.95. The van der Waals surface area contributed by atoms with Crippen molar-refractivity contribution in [2.75, 3.05) is 32.8 Å². The fraction of sp³-hybridized carbons (Fsp3) is 0.529. The molecule has 1 N–H and O–H groups in total. The Morgan fingerprint density at radius 2 is 1.88 bits per heavy atom. The molecule has 24 heavy (non-hydrogen) atoms. The van der Waals surface area contributed by atoms with Gasteiger partial charge in [0.1, 0.15) is 0 Å². The Morgan fingerprint density at radius 1 is 1.12 bits per heavy atom. The van der Waals surface area contributed by atoms with E-state index in [0.717, 1.165) is 32.4 Å². The van der Waals surface area contributed by atoms with Crippen LogP contribution in [0.2, 0.25) is 5.02 Å². The van der Waals surface area contributed by atoms with Gasteiger partial charge in [0.2, 0.25) is 5.91 Å². The molecule has 0 saturated carbocycles. The number of benzene rings is 1. The Balaban J connectivity index is 1.57. The third-order valence-electron chi connectivity index (χ3n) is 4.15. The highest BCUT2D eigenvalue weighted by atomic mass is 35.5. The van der Waals surface area contributed by atoms with E-state index in [2.05, 4.69) is 5.32 Å². The SMILES string of the molecule is O=C(NCCC(=O)N1CCCC1)c1cc(Cl)c2c(c1)OCCCO2. The number of likely N-dealkylation sites (tertiary alicyclic amines) is 1. The molecule has 2 heterocycles. The van der Waals surface area contributed by atoms with Crippen molar-refractivity contribution in [3.63, 3.8) is 0 Å². The van der Waals surface area contributed by atoms with Gasteiger partial charge in [-0.1, -0.05) is 11.6 Å². The van der Waals surface area contributed by atoms with Gasteiger partial charge in [-0.25, -0.2) is 0 Å². The Bertz CT molecular complexity index is 629. The highest BCUT2D eigenvalue weighted by Crippen LogP contribution is 2.37. The summed E-state index contributed by atoms with van der Waals surface area (Å²) in [6.45, 7) is 3.02. The van der Waals surface area contributed by atoms with Crippen molar-refractivity contribution < 1.29 is 19.1 Å². The second-order valence-corrected chi connectivity index (χ2v) is 6.34. The number of rotatable bonds is 4. The van der Waals surface area contributed by atoms with Crippen LogP contribution in [0.15, 0.2) is 12.1 Å². The van der Waals surface area contributed by atoms with Gasteiger partial charge in [0.25, 0.3) is 5.91 Å². The van der Waals surface area contributed by atoms with E-state index in [-0.39, 0.29) is 11.8 Å². The molecule has 1 saturated heterocycles. The van der Waals surface area contributed by atoms with Crippen molar-refractivity contribution in [2.45, 2.75) is 25.7 Å². The molecule has 2 amide bonds. The van der Waals surface area contributed by atoms with E-state index in [9.17, 15) is 9.59 Å². The van der Waals surface area contributed by atoms with E-state index < -0.39 is 0 Å². The lowest BCUT2D eigenvalue weighted by Gasteiger charge is -2.15. The average Bonchev–Trinajstić information content (AvgIpc) is 3.00. The van der Waals surface area contributed by atoms with Crippen LogP contribution in [-0.4, -0.2) is 49.6 Å². The lowest BCUT2D eigenvalue weighted by Crippen LogP contribution is -2.32. The summed E-state index contributed by atoms with van der Waals surface area (Å²) < 4.78 is 11.1. The van der Waals surface area contributed by atoms with E-state index >= 15 is 0 Å². The van der Waals surface area contributed by atoms with Crippen LogP contribution in [0.1, 0.15) is 36.0 Å². The molecule has 1 aromatic rings. The van der Waals surface area contributed by atoms with Crippen LogP contribution in [0, 0.1) is 0 Å². The number of hydrogen-bond donors (Lipinski definition) is 1. The third-order valence-corrected chi connectivity index (χ3v) is 4.43. The summed E-state index contributed by atoms with van der Waals surface area (Å²) >= 11 is 6.19. The van der Waals surface area contributed by atoms with Gasteiger partial charge >= 0.3 is 0 Å². The number of ether oxygens (including phenoxy) is 2. The van der Waals surface area contributed by atoms with Gasteiger partial charge < -0.3 is 19.7 Å². The van der Waals surface area contributed by atoms with Crippen molar-refractivity contribution >= 4 is 23.4 Å². The number of nitrogens with zero attached hydrogens (tertiary/aromatic N) is 1. The van der Waals surface area contributed by atoms with Gasteiger partial charge in [0.15, 0.2) is 11.5 Å². The molecular formula is C17H21ClN2O4. The molecule has 0 aromatic heterocycles. The minimum Gasteiger partial charge on any atom is -0.489 e. The zero-order valence-corrected chi connectivity index (χ0v) is 14.2. The van der Waals surface area contributed by atoms with Crippen molar-refractivity contribution in [3.05, 3.63) is 22.7 Å². The monoisotopic (exact) mass is 352 g/mol.